The van der Waals surface area contributed by atoms with E-state index in [2.05, 4.69) is 15.3 Å². The lowest BCUT2D eigenvalue weighted by Gasteiger charge is -2.10. The standard InChI is InChI=1S/C18H23N3O3S/c1-4-5-8-25(23,24)12-17-9-16(11-20-13(17)2)15-6-7-19-18(10-15)21-14(3)22/h6-7,9-11H,4-5,8,12H2,1-3H3,(H,19,21,22). The van der Waals surface area contributed by atoms with Gasteiger partial charge < -0.3 is 5.32 Å². The molecule has 0 saturated carbocycles. The molecule has 0 atom stereocenters. The molecule has 6 nitrogen and oxygen atoms in total. The number of carbonyl (C=O) groups excluding carboxylic acids is 1. The fourth-order valence-corrected chi connectivity index (χ4v) is 4.05. The Morgan fingerprint density at radius 2 is 1.96 bits per heavy atom. The van der Waals surface area contributed by atoms with Gasteiger partial charge in [-0.1, -0.05) is 13.3 Å². The highest BCUT2D eigenvalue weighted by Crippen LogP contribution is 2.24. The first-order chi connectivity index (χ1) is 11.8. The van der Waals surface area contributed by atoms with E-state index in [9.17, 15) is 13.2 Å². The molecular formula is C18H23N3O3S. The molecule has 25 heavy (non-hydrogen) atoms. The van der Waals surface area contributed by atoms with Crippen LogP contribution in [-0.4, -0.2) is 30.0 Å². The van der Waals surface area contributed by atoms with Gasteiger partial charge in [0.1, 0.15) is 5.82 Å². The predicted molar refractivity (Wildman–Crippen MR) is 98.9 cm³/mol. The Kier molecular flexibility index (Phi) is 6.25. The Labute approximate surface area is 148 Å². The molecule has 7 heteroatoms. The SMILES string of the molecule is CCCCS(=O)(=O)Cc1cc(-c2ccnc(NC(C)=O)c2)cnc1C. The smallest absolute Gasteiger partial charge is 0.222 e. The van der Waals surface area contributed by atoms with E-state index in [0.29, 0.717) is 23.5 Å². The first-order valence-electron chi connectivity index (χ1n) is 8.20. The monoisotopic (exact) mass is 361 g/mol. The molecule has 134 valence electrons. The van der Waals surface area contributed by atoms with E-state index in [1.807, 2.05) is 19.9 Å². The summed E-state index contributed by atoms with van der Waals surface area (Å²) in [7, 11) is -3.15. The molecule has 2 aromatic rings. The molecule has 2 aromatic heterocycles. The van der Waals surface area contributed by atoms with Gasteiger partial charge in [-0.2, -0.15) is 0 Å². The summed E-state index contributed by atoms with van der Waals surface area (Å²) in [4.78, 5) is 19.6. The van der Waals surface area contributed by atoms with Crippen molar-refractivity contribution in [1.82, 2.24) is 9.97 Å². The number of sulfone groups is 1. The van der Waals surface area contributed by atoms with E-state index in [-0.39, 0.29) is 17.4 Å². The molecule has 0 saturated heterocycles. The van der Waals surface area contributed by atoms with Crippen molar-refractivity contribution < 1.29 is 13.2 Å². The first-order valence-corrected chi connectivity index (χ1v) is 10.0. The Balaban J connectivity index is 2.31. The summed E-state index contributed by atoms with van der Waals surface area (Å²) >= 11 is 0. The van der Waals surface area contributed by atoms with Crippen LogP contribution in [0.25, 0.3) is 11.1 Å². The number of pyridine rings is 2. The third-order valence-corrected chi connectivity index (χ3v) is 5.43. The zero-order valence-corrected chi connectivity index (χ0v) is 15.6. The minimum atomic E-state index is -3.15. The fourth-order valence-electron chi connectivity index (χ4n) is 2.41. The van der Waals surface area contributed by atoms with E-state index in [1.54, 1.807) is 24.5 Å². The number of hydrogen-bond acceptors (Lipinski definition) is 5. The van der Waals surface area contributed by atoms with Crippen LogP contribution in [-0.2, 0) is 20.4 Å². The van der Waals surface area contributed by atoms with Gasteiger partial charge in [0.25, 0.3) is 0 Å². The van der Waals surface area contributed by atoms with Gasteiger partial charge in [0.15, 0.2) is 9.84 Å². The number of nitrogens with one attached hydrogen (secondary N) is 1. The maximum atomic E-state index is 12.2. The van der Waals surface area contributed by atoms with Crippen molar-refractivity contribution in [2.24, 2.45) is 0 Å². The van der Waals surface area contributed by atoms with Crippen LogP contribution in [0.5, 0.6) is 0 Å². The number of aromatic nitrogens is 2. The molecule has 0 spiro atoms. The summed E-state index contributed by atoms with van der Waals surface area (Å²) < 4.78 is 24.5. The van der Waals surface area contributed by atoms with E-state index in [1.165, 1.54) is 6.92 Å². The summed E-state index contributed by atoms with van der Waals surface area (Å²) in [6, 6.07) is 5.38. The van der Waals surface area contributed by atoms with Gasteiger partial charge in [0.05, 0.1) is 11.5 Å². The lowest BCUT2D eigenvalue weighted by Crippen LogP contribution is -2.11. The number of aryl methyl sites for hydroxylation is 1. The van der Waals surface area contributed by atoms with Gasteiger partial charge in [-0.3, -0.25) is 9.78 Å². The summed E-state index contributed by atoms with van der Waals surface area (Å²) in [6.45, 7) is 5.20. The minimum Gasteiger partial charge on any atom is -0.311 e. The maximum absolute atomic E-state index is 12.2. The van der Waals surface area contributed by atoms with E-state index in [4.69, 9.17) is 0 Å². The zero-order chi connectivity index (χ0) is 18.4. The number of unbranched alkanes of at least 4 members (excludes halogenated alkanes) is 1. The van der Waals surface area contributed by atoms with Crippen molar-refractivity contribution in [3.8, 4) is 11.1 Å². The normalized spacial score (nSPS) is 11.3. The molecule has 0 bridgehead atoms. The van der Waals surface area contributed by atoms with Crippen LogP contribution in [0.1, 0.15) is 37.9 Å². The summed E-state index contributed by atoms with van der Waals surface area (Å²) in [5.41, 5.74) is 3.02. The Hall–Kier alpha value is -2.28. The predicted octanol–water partition coefficient (Wildman–Crippen LogP) is 3.13. The van der Waals surface area contributed by atoms with Gasteiger partial charge in [-0.05, 0) is 42.7 Å². The molecule has 0 unspecified atom stereocenters. The van der Waals surface area contributed by atoms with E-state index >= 15 is 0 Å². The van der Waals surface area contributed by atoms with Gasteiger partial charge in [0.2, 0.25) is 5.91 Å². The van der Waals surface area contributed by atoms with E-state index < -0.39 is 9.84 Å². The average molecular weight is 361 g/mol. The van der Waals surface area contributed by atoms with Gasteiger partial charge in [0, 0.05) is 30.6 Å². The second kappa shape index (κ2) is 8.20. The zero-order valence-electron chi connectivity index (χ0n) is 14.7. The highest BCUT2D eigenvalue weighted by molar-refractivity contribution is 7.90. The number of hydrogen-bond donors (Lipinski definition) is 1. The molecule has 0 fully saturated rings. The number of nitrogens with zero attached hydrogens (tertiary/aromatic N) is 2. The third kappa shape index (κ3) is 5.63. The second-order valence-electron chi connectivity index (χ2n) is 6.03. The lowest BCUT2D eigenvalue weighted by molar-refractivity contribution is -0.114. The van der Waals surface area contributed by atoms with Crippen LogP contribution in [0, 0.1) is 6.92 Å². The maximum Gasteiger partial charge on any atom is 0.222 e. The van der Waals surface area contributed by atoms with Crippen LogP contribution in [0.4, 0.5) is 5.82 Å². The number of amides is 1. The highest BCUT2D eigenvalue weighted by Gasteiger charge is 2.15. The molecule has 0 radical (unpaired) electrons. The molecule has 0 aliphatic heterocycles. The fraction of sp³-hybridized carbons (Fsp3) is 0.389. The molecular weight excluding hydrogens is 338 g/mol. The summed E-state index contributed by atoms with van der Waals surface area (Å²) in [6.07, 6.45) is 4.81. The van der Waals surface area contributed by atoms with Crippen molar-refractivity contribution in [3.05, 3.63) is 41.9 Å². The summed E-state index contributed by atoms with van der Waals surface area (Å²) in [5, 5.41) is 2.64. The molecule has 0 aliphatic rings. The van der Waals surface area contributed by atoms with Crippen LogP contribution in [0.2, 0.25) is 0 Å². The number of anilines is 1. The average Bonchev–Trinajstić information content (AvgIpc) is 2.54. The second-order valence-corrected chi connectivity index (χ2v) is 8.21. The van der Waals surface area contributed by atoms with Crippen molar-refractivity contribution >= 4 is 21.6 Å². The topological polar surface area (TPSA) is 89.0 Å². The quantitative estimate of drug-likeness (QED) is 0.818. The third-order valence-electron chi connectivity index (χ3n) is 3.77. The largest absolute Gasteiger partial charge is 0.311 e. The van der Waals surface area contributed by atoms with Crippen molar-refractivity contribution in [2.45, 2.75) is 39.4 Å². The van der Waals surface area contributed by atoms with Gasteiger partial charge in [-0.15, -0.1) is 0 Å². The molecule has 2 heterocycles. The van der Waals surface area contributed by atoms with Crippen LogP contribution >= 0.6 is 0 Å². The van der Waals surface area contributed by atoms with Crippen LogP contribution in [0.15, 0.2) is 30.6 Å². The first kappa shape index (κ1) is 19.1. The molecule has 1 amide bonds. The Morgan fingerprint density at radius 1 is 1.20 bits per heavy atom. The van der Waals surface area contributed by atoms with Crippen LogP contribution in [0.3, 0.4) is 0 Å². The molecule has 0 aromatic carbocycles. The van der Waals surface area contributed by atoms with Crippen molar-refractivity contribution in [2.75, 3.05) is 11.1 Å². The number of rotatable bonds is 7. The molecule has 1 N–H and O–H groups in total. The summed E-state index contributed by atoms with van der Waals surface area (Å²) in [5.74, 6) is 0.426. The molecule has 2 rings (SSSR count). The number of carbonyl (C=O) groups is 1. The lowest BCUT2D eigenvalue weighted by atomic mass is 10.1. The highest BCUT2D eigenvalue weighted by atomic mass is 32.2. The van der Waals surface area contributed by atoms with Gasteiger partial charge in [-0.25, -0.2) is 13.4 Å². The minimum absolute atomic E-state index is 0.0106. The van der Waals surface area contributed by atoms with Crippen molar-refractivity contribution in [1.29, 1.82) is 0 Å². The van der Waals surface area contributed by atoms with Crippen molar-refractivity contribution in [3.63, 3.8) is 0 Å². The Bertz CT molecular complexity index is 864. The molecule has 0 aliphatic carbocycles. The Morgan fingerprint density at radius 3 is 2.64 bits per heavy atom. The van der Waals surface area contributed by atoms with Gasteiger partial charge >= 0.3 is 0 Å². The van der Waals surface area contributed by atoms with E-state index in [0.717, 1.165) is 17.5 Å². The van der Waals surface area contributed by atoms with Crippen LogP contribution < -0.4 is 5.32 Å².